The zero-order valence-electron chi connectivity index (χ0n) is 11.2. The molecule has 2 rings (SSSR count). The summed E-state index contributed by atoms with van der Waals surface area (Å²) in [4.78, 5) is 0. The average Bonchev–Trinajstić information content (AvgIpc) is 2.71. The van der Waals surface area contributed by atoms with E-state index in [1.165, 1.54) is 11.1 Å². The van der Waals surface area contributed by atoms with Crippen LogP contribution in [0.25, 0.3) is 11.4 Å². The second kappa shape index (κ2) is 5.22. The predicted octanol–water partition coefficient (Wildman–Crippen LogP) is 4.04. The van der Waals surface area contributed by atoms with Gasteiger partial charge in [0.25, 0.3) is 0 Å². The van der Waals surface area contributed by atoms with Crippen LogP contribution in [0.3, 0.4) is 0 Å². The normalized spacial score (nSPS) is 11.2. The van der Waals surface area contributed by atoms with Gasteiger partial charge >= 0.3 is 0 Å². The SMILES string of the molecule is Cc1cc(C)cc(-c2nnc(CBr)n2C(C)C)c1. The molecule has 0 amide bonds. The fourth-order valence-electron chi connectivity index (χ4n) is 2.26. The molecule has 18 heavy (non-hydrogen) atoms. The molecule has 0 atom stereocenters. The molecule has 0 aliphatic carbocycles. The number of nitrogens with zero attached hydrogens (tertiary/aromatic N) is 3. The Bertz CT molecular complexity index is 538. The van der Waals surface area contributed by atoms with E-state index in [0.29, 0.717) is 6.04 Å². The Labute approximate surface area is 116 Å². The smallest absolute Gasteiger partial charge is 0.164 e. The minimum atomic E-state index is 0.350. The lowest BCUT2D eigenvalue weighted by molar-refractivity contribution is 0.586. The van der Waals surface area contributed by atoms with Gasteiger partial charge in [-0.05, 0) is 39.8 Å². The van der Waals surface area contributed by atoms with Crippen molar-refractivity contribution in [1.29, 1.82) is 0 Å². The van der Waals surface area contributed by atoms with Crippen molar-refractivity contribution in [3.8, 4) is 11.4 Å². The highest BCUT2D eigenvalue weighted by Crippen LogP contribution is 2.25. The summed E-state index contributed by atoms with van der Waals surface area (Å²) in [5.41, 5.74) is 3.65. The van der Waals surface area contributed by atoms with Crippen molar-refractivity contribution in [2.45, 2.75) is 39.1 Å². The first-order valence-corrected chi connectivity index (χ1v) is 7.23. The van der Waals surface area contributed by atoms with E-state index in [4.69, 9.17) is 0 Å². The molecule has 0 bridgehead atoms. The quantitative estimate of drug-likeness (QED) is 0.801. The Hall–Kier alpha value is -1.16. The van der Waals surface area contributed by atoms with Gasteiger partial charge in [0.15, 0.2) is 5.82 Å². The summed E-state index contributed by atoms with van der Waals surface area (Å²) in [6, 6.07) is 6.84. The number of halogens is 1. The van der Waals surface area contributed by atoms with E-state index in [2.05, 4.69) is 76.6 Å². The second-order valence-electron chi connectivity index (χ2n) is 4.91. The van der Waals surface area contributed by atoms with Gasteiger partial charge in [0.1, 0.15) is 5.82 Å². The van der Waals surface area contributed by atoms with E-state index in [1.54, 1.807) is 0 Å². The maximum absolute atomic E-state index is 4.34. The summed E-state index contributed by atoms with van der Waals surface area (Å²) >= 11 is 3.47. The molecule has 1 aromatic heterocycles. The van der Waals surface area contributed by atoms with Crippen molar-refractivity contribution in [2.24, 2.45) is 0 Å². The summed E-state index contributed by atoms with van der Waals surface area (Å²) < 4.78 is 2.18. The first-order chi connectivity index (χ1) is 8.52. The highest BCUT2D eigenvalue weighted by Gasteiger charge is 2.15. The molecule has 0 aliphatic rings. The molecule has 0 spiro atoms. The van der Waals surface area contributed by atoms with Crippen molar-refractivity contribution in [3.63, 3.8) is 0 Å². The molecule has 0 unspecified atom stereocenters. The van der Waals surface area contributed by atoms with Crippen molar-refractivity contribution < 1.29 is 0 Å². The lowest BCUT2D eigenvalue weighted by Gasteiger charge is -2.13. The molecule has 0 saturated carbocycles. The molecule has 2 aromatic rings. The van der Waals surface area contributed by atoms with Gasteiger partial charge in [-0.3, -0.25) is 0 Å². The Kier molecular flexibility index (Phi) is 3.85. The van der Waals surface area contributed by atoms with Gasteiger partial charge in [0.2, 0.25) is 0 Å². The van der Waals surface area contributed by atoms with E-state index in [-0.39, 0.29) is 0 Å². The molecule has 3 nitrogen and oxygen atoms in total. The number of hydrogen-bond donors (Lipinski definition) is 0. The van der Waals surface area contributed by atoms with E-state index >= 15 is 0 Å². The van der Waals surface area contributed by atoms with Crippen LogP contribution in [0.5, 0.6) is 0 Å². The number of alkyl halides is 1. The van der Waals surface area contributed by atoms with Crippen molar-refractivity contribution >= 4 is 15.9 Å². The van der Waals surface area contributed by atoms with Gasteiger partial charge < -0.3 is 4.57 Å². The third-order valence-electron chi connectivity index (χ3n) is 2.88. The standard InChI is InChI=1S/C14H18BrN3/c1-9(2)18-13(8-15)16-17-14(18)12-6-10(3)5-11(4)7-12/h5-7,9H,8H2,1-4H3. The highest BCUT2D eigenvalue weighted by molar-refractivity contribution is 9.08. The monoisotopic (exact) mass is 307 g/mol. The van der Waals surface area contributed by atoms with Crippen LogP contribution in [-0.4, -0.2) is 14.8 Å². The predicted molar refractivity (Wildman–Crippen MR) is 77.9 cm³/mol. The zero-order valence-corrected chi connectivity index (χ0v) is 12.8. The Morgan fingerprint density at radius 2 is 1.72 bits per heavy atom. The molecule has 96 valence electrons. The molecule has 0 radical (unpaired) electrons. The molecule has 1 aromatic carbocycles. The molecule has 0 aliphatic heterocycles. The van der Waals surface area contributed by atoms with Crippen molar-refractivity contribution in [1.82, 2.24) is 14.8 Å². The fourth-order valence-corrected chi connectivity index (χ4v) is 2.64. The van der Waals surface area contributed by atoms with Crippen LogP contribution in [0.15, 0.2) is 18.2 Å². The van der Waals surface area contributed by atoms with Crippen LogP contribution >= 0.6 is 15.9 Å². The van der Waals surface area contributed by atoms with E-state index in [0.717, 1.165) is 22.5 Å². The minimum Gasteiger partial charge on any atom is -0.308 e. The highest BCUT2D eigenvalue weighted by atomic mass is 79.9. The van der Waals surface area contributed by atoms with Gasteiger partial charge in [-0.15, -0.1) is 10.2 Å². The van der Waals surface area contributed by atoms with Crippen LogP contribution in [0.1, 0.15) is 36.8 Å². The summed E-state index contributed by atoms with van der Waals surface area (Å²) in [6.07, 6.45) is 0. The Balaban J connectivity index is 2.60. The number of rotatable bonds is 3. The van der Waals surface area contributed by atoms with Crippen molar-refractivity contribution in [3.05, 3.63) is 35.2 Å². The van der Waals surface area contributed by atoms with Gasteiger partial charge in [-0.1, -0.05) is 33.1 Å². The minimum absolute atomic E-state index is 0.350. The molecule has 0 fully saturated rings. The lowest BCUT2D eigenvalue weighted by atomic mass is 10.1. The summed E-state index contributed by atoms with van der Waals surface area (Å²) in [7, 11) is 0. The second-order valence-corrected chi connectivity index (χ2v) is 5.47. The first kappa shape index (κ1) is 13.3. The van der Waals surface area contributed by atoms with Crippen LogP contribution in [0.2, 0.25) is 0 Å². The van der Waals surface area contributed by atoms with Crippen LogP contribution in [0.4, 0.5) is 0 Å². The van der Waals surface area contributed by atoms with Gasteiger partial charge in [-0.2, -0.15) is 0 Å². The topological polar surface area (TPSA) is 30.7 Å². The summed E-state index contributed by atoms with van der Waals surface area (Å²) in [5.74, 6) is 1.92. The largest absolute Gasteiger partial charge is 0.308 e. The van der Waals surface area contributed by atoms with Crippen molar-refractivity contribution in [2.75, 3.05) is 0 Å². The summed E-state index contributed by atoms with van der Waals surface area (Å²) in [5, 5.41) is 9.33. The number of benzene rings is 1. The fraction of sp³-hybridized carbons (Fsp3) is 0.429. The third kappa shape index (κ3) is 2.48. The lowest BCUT2D eigenvalue weighted by Crippen LogP contribution is -2.07. The van der Waals surface area contributed by atoms with Crippen LogP contribution in [-0.2, 0) is 5.33 Å². The van der Waals surface area contributed by atoms with Crippen LogP contribution < -0.4 is 0 Å². The zero-order chi connectivity index (χ0) is 13.3. The number of aromatic nitrogens is 3. The van der Waals surface area contributed by atoms with Gasteiger partial charge in [-0.25, -0.2) is 0 Å². The molecule has 1 heterocycles. The number of hydrogen-bond acceptors (Lipinski definition) is 2. The first-order valence-electron chi connectivity index (χ1n) is 6.11. The maximum atomic E-state index is 4.34. The molecule has 4 heteroatoms. The van der Waals surface area contributed by atoms with E-state index in [1.807, 2.05) is 0 Å². The summed E-state index contributed by atoms with van der Waals surface area (Å²) in [6.45, 7) is 8.53. The molecule has 0 N–H and O–H groups in total. The van der Waals surface area contributed by atoms with E-state index in [9.17, 15) is 0 Å². The molecular formula is C14H18BrN3. The molecule has 0 saturated heterocycles. The van der Waals surface area contributed by atoms with Gasteiger partial charge in [0.05, 0.1) is 5.33 Å². The Morgan fingerprint density at radius 1 is 1.11 bits per heavy atom. The van der Waals surface area contributed by atoms with Crippen LogP contribution in [0, 0.1) is 13.8 Å². The molecular weight excluding hydrogens is 290 g/mol. The maximum Gasteiger partial charge on any atom is 0.164 e. The van der Waals surface area contributed by atoms with Gasteiger partial charge in [0, 0.05) is 11.6 Å². The average molecular weight is 308 g/mol. The van der Waals surface area contributed by atoms with E-state index < -0.39 is 0 Å². The Morgan fingerprint density at radius 3 is 2.22 bits per heavy atom. The third-order valence-corrected chi connectivity index (χ3v) is 3.38. The number of aryl methyl sites for hydroxylation is 2.